The van der Waals surface area contributed by atoms with Gasteiger partial charge in [-0.1, -0.05) is 60.5 Å². The van der Waals surface area contributed by atoms with Gasteiger partial charge in [0.1, 0.15) is 11.6 Å². The molecule has 0 saturated carbocycles. The highest BCUT2D eigenvalue weighted by atomic mass is 16.6. The summed E-state index contributed by atoms with van der Waals surface area (Å²) in [5.41, 5.74) is 5.58. The van der Waals surface area contributed by atoms with Crippen molar-refractivity contribution in [1.29, 1.82) is 0 Å². The predicted octanol–water partition coefficient (Wildman–Crippen LogP) is 5.54. The van der Waals surface area contributed by atoms with Gasteiger partial charge in [0.25, 0.3) is 0 Å². The van der Waals surface area contributed by atoms with Gasteiger partial charge in [-0.05, 0) is 49.8 Å². The van der Waals surface area contributed by atoms with Gasteiger partial charge in [-0.2, -0.15) is 0 Å². The summed E-state index contributed by atoms with van der Waals surface area (Å²) in [6, 6.07) is 4.74. The zero-order chi connectivity index (χ0) is 30.5. The van der Waals surface area contributed by atoms with E-state index < -0.39 is 29.6 Å². The van der Waals surface area contributed by atoms with E-state index >= 15 is 0 Å². The van der Waals surface area contributed by atoms with Crippen molar-refractivity contribution in [2.24, 2.45) is 23.5 Å². The number of nitrogens with two attached hydrogens (primary N) is 1. The topological polar surface area (TPSA) is 131 Å². The van der Waals surface area contributed by atoms with Crippen LogP contribution in [0.2, 0.25) is 0 Å². The normalized spacial score (nSPS) is 14.9. The van der Waals surface area contributed by atoms with Crippen LogP contribution in [-0.4, -0.2) is 42.6 Å². The maximum absolute atomic E-state index is 12.8. The molecule has 226 valence electrons. The zero-order valence-electron chi connectivity index (χ0n) is 25.5. The summed E-state index contributed by atoms with van der Waals surface area (Å²) < 4.78 is 21.8. The highest BCUT2D eigenvalue weighted by molar-refractivity contribution is 5.81. The van der Waals surface area contributed by atoms with Crippen LogP contribution in [0.3, 0.4) is 0 Å². The summed E-state index contributed by atoms with van der Waals surface area (Å²) in [7, 11) is 1.24. The quantitative estimate of drug-likeness (QED) is 0.192. The number of carbonyl (C=O) groups is 4. The number of esters is 4. The molecule has 1 rings (SSSR count). The molecule has 9 heteroatoms. The van der Waals surface area contributed by atoms with Crippen LogP contribution in [0.5, 0.6) is 11.5 Å². The Morgan fingerprint density at radius 2 is 1.40 bits per heavy atom. The van der Waals surface area contributed by atoms with Crippen LogP contribution in [0.4, 0.5) is 0 Å². The fourth-order valence-electron chi connectivity index (χ4n) is 4.39. The summed E-state index contributed by atoms with van der Waals surface area (Å²) in [6.07, 6.45) is 3.28. The first kappa shape index (κ1) is 35.1. The Bertz CT molecular complexity index is 992. The van der Waals surface area contributed by atoms with Crippen molar-refractivity contribution in [2.45, 2.75) is 111 Å². The van der Waals surface area contributed by atoms with Gasteiger partial charge in [0.2, 0.25) is 0 Å². The molecule has 0 radical (unpaired) electrons. The largest absolute Gasteiger partial charge is 0.468 e. The van der Waals surface area contributed by atoms with E-state index in [1.165, 1.54) is 13.2 Å². The molecular formula is C31H49NO8. The second kappa shape index (κ2) is 17.0. The molecule has 0 aromatic heterocycles. The van der Waals surface area contributed by atoms with Crippen molar-refractivity contribution in [3.05, 3.63) is 23.8 Å². The van der Waals surface area contributed by atoms with Crippen LogP contribution < -0.4 is 15.2 Å². The fraction of sp³-hybridized carbons (Fsp3) is 0.677. The molecule has 0 bridgehead atoms. The van der Waals surface area contributed by atoms with Crippen molar-refractivity contribution < 1.29 is 38.1 Å². The monoisotopic (exact) mass is 563 g/mol. The molecule has 0 fully saturated rings. The molecule has 0 aliphatic rings. The lowest BCUT2D eigenvalue weighted by Crippen LogP contribution is -2.53. The Balaban J connectivity index is 3.26. The van der Waals surface area contributed by atoms with Gasteiger partial charge in [-0.3, -0.25) is 19.2 Å². The van der Waals surface area contributed by atoms with Crippen molar-refractivity contribution in [3.63, 3.8) is 0 Å². The first-order valence-electron chi connectivity index (χ1n) is 14.4. The molecular weight excluding hydrogens is 514 g/mol. The van der Waals surface area contributed by atoms with Gasteiger partial charge in [0.15, 0.2) is 11.5 Å². The Morgan fingerprint density at radius 3 is 1.90 bits per heavy atom. The average Bonchev–Trinajstić information content (AvgIpc) is 2.88. The van der Waals surface area contributed by atoms with E-state index in [1.54, 1.807) is 32.9 Å². The van der Waals surface area contributed by atoms with Gasteiger partial charge < -0.3 is 24.7 Å². The van der Waals surface area contributed by atoms with Crippen molar-refractivity contribution >= 4 is 23.9 Å². The standard InChI is InChI=1S/C31H49NO8/c1-9-11-21(5)28(34)39-25-15-14-24(17-26(25)40-29(35)22(6)12-10-2)19-31(32,30(36)37-8)18-23(7)38-27(33)16-13-20(3)4/h14-15,17,20-23H,9-13,16,18-19,32H2,1-8H3/t21?,22?,23-,31?/m0/s1. The van der Waals surface area contributed by atoms with Crippen LogP contribution in [0.15, 0.2) is 18.2 Å². The highest BCUT2D eigenvalue weighted by Gasteiger charge is 2.38. The first-order valence-corrected chi connectivity index (χ1v) is 14.4. The van der Waals surface area contributed by atoms with Gasteiger partial charge >= 0.3 is 23.9 Å². The number of hydrogen-bond donors (Lipinski definition) is 1. The summed E-state index contributed by atoms with van der Waals surface area (Å²) in [4.78, 5) is 50.4. The second-order valence-electron chi connectivity index (χ2n) is 11.3. The minimum atomic E-state index is -1.53. The third-order valence-corrected chi connectivity index (χ3v) is 6.70. The van der Waals surface area contributed by atoms with Crippen LogP contribution in [0, 0.1) is 17.8 Å². The van der Waals surface area contributed by atoms with Gasteiger partial charge in [-0.15, -0.1) is 0 Å². The van der Waals surface area contributed by atoms with Crippen LogP contribution in [0.1, 0.15) is 99.0 Å². The molecule has 1 aromatic carbocycles. The first-order chi connectivity index (χ1) is 18.8. The summed E-state index contributed by atoms with van der Waals surface area (Å²) in [6.45, 7) is 13.2. The third kappa shape index (κ3) is 11.7. The molecule has 9 nitrogen and oxygen atoms in total. The van der Waals surface area contributed by atoms with Gasteiger partial charge in [-0.25, -0.2) is 0 Å². The Hall–Kier alpha value is -2.94. The Kier molecular flexibility index (Phi) is 14.9. The van der Waals surface area contributed by atoms with E-state index in [0.29, 0.717) is 30.7 Å². The SMILES string of the molecule is CCCC(C)C(=O)Oc1ccc(CC(N)(C[C@H](C)OC(=O)CCC(C)C)C(=O)OC)cc1OC(=O)C(C)CCC. The average molecular weight is 564 g/mol. The van der Waals surface area contributed by atoms with E-state index in [4.69, 9.17) is 24.7 Å². The predicted molar refractivity (Wildman–Crippen MR) is 153 cm³/mol. The number of hydrogen-bond acceptors (Lipinski definition) is 9. The molecule has 0 amide bonds. The summed E-state index contributed by atoms with van der Waals surface area (Å²) in [5.74, 6) is -2.04. The van der Waals surface area contributed by atoms with Crippen LogP contribution in [-0.2, 0) is 35.1 Å². The lowest BCUT2D eigenvalue weighted by molar-refractivity contribution is -0.155. The summed E-state index contributed by atoms with van der Waals surface area (Å²) >= 11 is 0. The van der Waals surface area contributed by atoms with E-state index in [0.717, 1.165) is 12.8 Å². The Labute approximate surface area is 239 Å². The molecule has 4 atom stereocenters. The Morgan fingerprint density at radius 1 is 0.850 bits per heavy atom. The van der Waals surface area contributed by atoms with Gasteiger partial charge in [0, 0.05) is 19.3 Å². The van der Waals surface area contributed by atoms with E-state index in [-0.39, 0.29) is 48.6 Å². The number of benzene rings is 1. The van der Waals surface area contributed by atoms with E-state index in [1.807, 2.05) is 27.7 Å². The molecule has 0 saturated heterocycles. The van der Waals surface area contributed by atoms with Crippen molar-refractivity contribution in [3.8, 4) is 11.5 Å². The highest BCUT2D eigenvalue weighted by Crippen LogP contribution is 2.32. The minimum Gasteiger partial charge on any atom is -0.468 e. The van der Waals surface area contributed by atoms with Gasteiger partial charge in [0.05, 0.1) is 18.9 Å². The fourth-order valence-corrected chi connectivity index (χ4v) is 4.39. The molecule has 0 heterocycles. The third-order valence-electron chi connectivity index (χ3n) is 6.70. The van der Waals surface area contributed by atoms with Crippen molar-refractivity contribution in [1.82, 2.24) is 0 Å². The molecule has 0 aliphatic carbocycles. The number of carbonyl (C=O) groups excluding carboxylic acids is 4. The number of ether oxygens (including phenoxy) is 4. The number of methoxy groups -OCH3 is 1. The number of rotatable bonds is 17. The van der Waals surface area contributed by atoms with E-state index in [9.17, 15) is 19.2 Å². The smallest absolute Gasteiger partial charge is 0.326 e. The van der Waals surface area contributed by atoms with Crippen molar-refractivity contribution in [2.75, 3.05) is 7.11 Å². The van der Waals surface area contributed by atoms with E-state index in [2.05, 4.69) is 0 Å². The molecule has 1 aromatic rings. The molecule has 0 aliphatic heterocycles. The molecule has 40 heavy (non-hydrogen) atoms. The summed E-state index contributed by atoms with van der Waals surface area (Å²) in [5, 5.41) is 0. The molecule has 0 spiro atoms. The van der Waals surface area contributed by atoms with Crippen LogP contribution in [0.25, 0.3) is 0 Å². The molecule has 3 unspecified atom stereocenters. The minimum absolute atomic E-state index is 0.00306. The lowest BCUT2D eigenvalue weighted by Gasteiger charge is -2.29. The lowest BCUT2D eigenvalue weighted by atomic mass is 9.86. The van der Waals surface area contributed by atoms with Crippen LogP contribution >= 0.6 is 0 Å². The maximum Gasteiger partial charge on any atom is 0.326 e. The second-order valence-corrected chi connectivity index (χ2v) is 11.3. The zero-order valence-corrected chi connectivity index (χ0v) is 25.5. The maximum atomic E-state index is 12.8. The molecule has 2 N–H and O–H groups in total.